The van der Waals surface area contributed by atoms with Gasteiger partial charge in [0.25, 0.3) is 0 Å². The van der Waals surface area contributed by atoms with Gasteiger partial charge >= 0.3 is 0 Å². The normalized spacial score (nSPS) is 16.4. The zero-order chi connectivity index (χ0) is 13.9. The lowest BCUT2D eigenvalue weighted by Gasteiger charge is -2.28. The predicted octanol–water partition coefficient (Wildman–Crippen LogP) is 2.35. The average molecular weight is 299 g/mol. The highest BCUT2D eigenvalue weighted by molar-refractivity contribution is 5.86. The van der Waals surface area contributed by atoms with Crippen LogP contribution in [0.5, 0.6) is 5.75 Å². The fraction of sp³-hybridized carbons (Fsp3) is 0.533. The number of hydrogen-bond acceptors (Lipinski definition) is 3. The molecule has 1 aromatic rings. The van der Waals surface area contributed by atoms with Crippen LogP contribution < -0.4 is 10.5 Å². The number of hydrogen-bond donors (Lipinski definition) is 1. The lowest BCUT2D eigenvalue weighted by atomic mass is 9.97. The largest absolute Gasteiger partial charge is 0.497 e. The molecule has 1 aromatic carbocycles. The van der Waals surface area contributed by atoms with E-state index in [1.807, 2.05) is 31.3 Å². The molecule has 1 saturated carbocycles. The van der Waals surface area contributed by atoms with Gasteiger partial charge in [-0.3, -0.25) is 4.79 Å². The van der Waals surface area contributed by atoms with E-state index in [9.17, 15) is 4.79 Å². The summed E-state index contributed by atoms with van der Waals surface area (Å²) in [4.78, 5) is 14.1. The Morgan fingerprint density at radius 3 is 2.65 bits per heavy atom. The van der Waals surface area contributed by atoms with Crippen molar-refractivity contribution in [1.82, 2.24) is 4.90 Å². The first kappa shape index (κ1) is 16.8. The molecule has 1 fully saturated rings. The van der Waals surface area contributed by atoms with E-state index >= 15 is 0 Å². The minimum atomic E-state index is -0.645. The van der Waals surface area contributed by atoms with Gasteiger partial charge in [-0.25, -0.2) is 0 Å². The number of carbonyl (C=O) groups excluding carboxylic acids is 1. The van der Waals surface area contributed by atoms with Crippen LogP contribution in [0.3, 0.4) is 0 Å². The molecule has 1 amide bonds. The van der Waals surface area contributed by atoms with E-state index in [0.717, 1.165) is 37.0 Å². The van der Waals surface area contributed by atoms with Gasteiger partial charge in [0, 0.05) is 13.6 Å². The third kappa shape index (κ3) is 3.64. The molecular formula is C15H23ClN2O2. The van der Waals surface area contributed by atoms with Crippen molar-refractivity contribution in [1.29, 1.82) is 0 Å². The van der Waals surface area contributed by atoms with Crippen LogP contribution in [0.1, 0.15) is 31.2 Å². The van der Waals surface area contributed by atoms with E-state index in [4.69, 9.17) is 10.5 Å². The summed E-state index contributed by atoms with van der Waals surface area (Å²) in [6.07, 6.45) is 3.70. The highest BCUT2D eigenvalue weighted by Gasteiger charge is 2.38. The second-order valence-electron chi connectivity index (χ2n) is 5.38. The van der Waals surface area contributed by atoms with E-state index in [1.165, 1.54) is 0 Å². The average Bonchev–Trinajstić information content (AvgIpc) is 2.86. The van der Waals surface area contributed by atoms with Crippen LogP contribution in [0.2, 0.25) is 0 Å². The Bertz CT molecular complexity index is 459. The van der Waals surface area contributed by atoms with Crippen molar-refractivity contribution in [2.24, 2.45) is 5.73 Å². The van der Waals surface area contributed by atoms with Crippen LogP contribution in [0, 0.1) is 0 Å². The van der Waals surface area contributed by atoms with Gasteiger partial charge in [-0.1, -0.05) is 25.0 Å². The van der Waals surface area contributed by atoms with Crippen molar-refractivity contribution in [3.8, 4) is 5.75 Å². The number of carbonyl (C=O) groups is 1. The first-order chi connectivity index (χ1) is 9.05. The van der Waals surface area contributed by atoms with Gasteiger partial charge in [-0.15, -0.1) is 12.4 Å². The van der Waals surface area contributed by atoms with Gasteiger partial charge in [0.15, 0.2) is 0 Å². The third-order valence-corrected chi connectivity index (χ3v) is 3.82. The number of halogens is 1. The number of methoxy groups -OCH3 is 1. The molecule has 5 heteroatoms. The lowest BCUT2D eigenvalue weighted by molar-refractivity contribution is -0.136. The number of likely N-dealkylation sites (N-methyl/N-ethyl adjacent to an activating group) is 1. The third-order valence-electron chi connectivity index (χ3n) is 3.82. The Morgan fingerprint density at radius 1 is 1.40 bits per heavy atom. The molecular weight excluding hydrogens is 276 g/mol. The molecule has 112 valence electrons. The molecule has 0 aliphatic heterocycles. The molecule has 1 aliphatic carbocycles. The number of benzene rings is 1. The van der Waals surface area contributed by atoms with Crippen molar-refractivity contribution in [2.45, 2.75) is 37.8 Å². The maximum Gasteiger partial charge on any atom is 0.242 e. The maximum absolute atomic E-state index is 12.4. The highest BCUT2D eigenvalue weighted by atomic mass is 35.5. The van der Waals surface area contributed by atoms with Crippen LogP contribution in [-0.4, -0.2) is 30.5 Å². The van der Waals surface area contributed by atoms with Crippen LogP contribution >= 0.6 is 12.4 Å². The topological polar surface area (TPSA) is 55.6 Å². The molecule has 0 bridgehead atoms. The summed E-state index contributed by atoms with van der Waals surface area (Å²) in [5, 5.41) is 0. The Hall–Kier alpha value is -1.26. The fourth-order valence-corrected chi connectivity index (χ4v) is 2.72. The Balaban J connectivity index is 0.00000200. The van der Waals surface area contributed by atoms with Crippen molar-refractivity contribution in [3.05, 3.63) is 29.8 Å². The number of nitrogens with zero attached hydrogens (tertiary/aromatic N) is 1. The van der Waals surface area contributed by atoms with Gasteiger partial charge in [-0.05, 0) is 30.5 Å². The van der Waals surface area contributed by atoms with E-state index < -0.39 is 5.54 Å². The predicted molar refractivity (Wildman–Crippen MR) is 82.1 cm³/mol. The molecule has 0 heterocycles. The summed E-state index contributed by atoms with van der Waals surface area (Å²) in [6.45, 7) is 0.564. The van der Waals surface area contributed by atoms with Crippen molar-refractivity contribution >= 4 is 18.3 Å². The van der Waals surface area contributed by atoms with Gasteiger partial charge in [-0.2, -0.15) is 0 Å². The Morgan fingerprint density at radius 2 is 2.05 bits per heavy atom. The Labute approximate surface area is 126 Å². The summed E-state index contributed by atoms with van der Waals surface area (Å²) in [5.41, 5.74) is 6.60. The van der Waals surface area contributed by atoms with Gasteiger partial charge in [0.1, 0.15) is 5.75 Å². The maximum atomic E-state index is 12.4. The number of rotatable bonds is 4. The smallest absolute Gasteiger partial charge is 0.242 e. The number of amides is 1. The van der Waals surface area contributed by atoms with E-state index in [2.05, 4.69) is 0 Å². The molecule has 0 saturated heterocycles. The summed E-state index contributed by atoms with van der Waals surface area (Å²) in [5.74, 6) is 0.856. The van der Waals surface area contributed by atoms with Gasteiger partial charge in [0.2, 0.25) is 5.91 Å². The van der Waals surface area contributed by atoms with E-state index in [1.54, 1.807) is 12.0 Å². The summed E-state index contributed by atoms with van der Waals surface area (Å²) in [6, 6.07) is 7.76. The van der Waals surface area contributed by atoms with Crippen molar-refractivity contribution < 1.29 is 9.53 Å². The zero-order valence-corrected chi connectivity index (χ0v) is 12.9. The second-order valence-corrected chi connectivity index (χ2v) is 5.38. The molecule has 20 heavy (non-hydrogen) atoms. The molecule has 1 aliphatic rings. The van der Waals surface area contributed by atoms with Crippen LogP contribution in [0.15, 0.2) is 24.3 Å². The van der Waals surface area contributed by atoms with E-state index in [0.29, 0.717) is 6.54 Å². The molecule has 0 unspecified atom stereocenters. The SMILES string of the molecule is COc1cccc(CN(C)C(=O)C2(N)CCCC2)c1.Cl. The monoisotopic (exact) mass is 298 g/mol. The Kier molecular flexibility index (Phi) is 5.84. The van der Waals surface area contributed by atoms with Crippen LogP contribution in [-0.2, 0) is 11.3 Å². The van der Waals surface area contributed by atoms with Crippen LogP contribution in [0.4, 0.5) is 0 Å². The quantitative estimate of drug-likeness (QED) is 0.928. The summed E-state index contributed by atoms with van der Waals surface area (Å²) >= 11 is 0. The molecule has 0 aromatic heterocycles. The minimum Gasteiger partial charge on any atom is -0.497 e. The number of nitrogens with two attached hydrogens (primary N) is 1. The zero-order valence-electron chi connectivity index (χ0n) is 12.1. The molecule has 0 spiro atoms. The summed E-state index contributed by atoms with van der Waals surface area (Å²) < 4.78 is 5.19. The van der Waals surface area contributed by atoms with Gasteiger partial charge < -0.3 is 15.4 Å². The first-order valence-electron chi connectivity index (χ1n) is 6.72. The molecule has 2 rings (SSSR count). The lowest BCUT2D eigenvalue weighted by Crippen LogP contribution is -2.52. The molecule has 0 atom stereocenters. The number of ether oxygens (including phenoxy) is 1. The first-order valence-corrected chi connectivity index (χ1v) is 6.72. The van der Waals surface area contributed by atoms with E-state index in [-0.39, 0.29) is 18.3 Å². The molecule has 2 N–H and O–H groups in total. The van der Waals surface area contributed by atoms with Crippen molar-refractivity contribution in [2.75, 3.05) is 14.2 Å². The van der Waals surface area contributed by atoms with Crippen molar-refractivity contribution in [3.63, 3.8) is 0 Å². The molecule has 4 nitrogen and oxygen atoms in total. The standard InChI is InChI=1S/C15H22N2O2.ClH/c1-17(14(18)15(16)8-3-4-9-15)11-12-6-5-7-13(10-12)19-2;/h5-7,10H,3-4,8-9,11,16H2,1-2H3;1H. The van der Waals surface area contributed by atoms with Gasteiger partial charge in [0.05, 0.1) is 12.6 Å². The fourth-order valence-electron chi connectivity index (χ4n) is 2.72. The highest BCUT2D eigenvalue weighted by Crippen LogP contribution is 2.29. The van der Waals surface area contributed by atoms with Crippen LogP contribution in [0.25, 0.3) is 0 Å². The second kappa shape index (κ2) is 6.95. The summed E-state index contributed by atoms with van der Waals surface area (Å²) in [7, 11) is 3.45. The minimum absolute atomic E-state index is 0. The molecule has 0 radical (unpaired) electrons.